The van der Waals surface area contributed by atoms with Crippen LogP contribution in [-0.2, 0) is 11.2 Å². The number of carbonyl (C=O) groups excluding carboxylic acids is 1. The van der Waals surface area contributed by atoms with Gasteiger partial charge in [-0.2, -0.15) is 4.98 Å². The van der Waals surface area contributed by atoms with Gasteiger partial charge in [0.1, 0.15) is 10.8 Å². The van der Waals surface area contributed by atoms with E-state index in [9.17, 15) is 4.79 Å². The van der Waals surface area contributed by atoms with Gasteiger partial charge >= 0.3 is 0 Å². The number of fused-ring (bicyclic) bond motifs is 2. The molecule has 0 spiro atoms. The van der Waals surface area contributed by atoms with Crippen LogP contribution in [-0.4, -0.2) is 39.6 Å². The topological polar surface area (TPSA) is 55.3 Å². The summed E-state index contributed by atoms with van der Waals surface area (Å²) in [4.78, 5) is 23.9. The Kier molecular flexibility index (Phi) is 6.25. The van der Waals surface area contributed by atoms with E-state index >= 15 is 0 Å². The van der Waals surface area contributed by atoms with Gasteiger partial charge in [-0.25, -0.2) is 4.98 Å². The SMILES string of the molecule is CCN(CC)C(=O)CSc1nc(-c2ccc(Cl)cc2)nc2c1Cc1ccccc1O2. The molecule has 0 N–H and O–H groups in total. The molecule has 0 bridgehead atoms. The molecule has 0 saturated carbocycles. The highest BCUT2D eigenvalue weighted by atomic mass is 35.5. The third-order valence-electron chi connectivity index (χ3n) is 5.03. The first-order valence-electron chi connectivity index (χ1n) is 9.92. The zero-order valence-corrected chi connectivity index (χ0v) is 18.5. The van der Waals surface area contributed by atoms with Gasteiger partial charge in [-0.3, -0.25) is 4.79 Å². The lowest BCUT2D eigenvalue weighted by molar-refractivity contribution is -0.127. The fraction of sp³-hybridized carbons (Fsp3) is 0.261. The molecule has 0 saturated heterocycles. The average Bonchev–Trinajstić information content (AvgIpc) is 2.77. The second kappa shape index (κ2) is 9.06. The number of para-hydroxylation sites is 1. The summed E-state index contributed by atoms with van der Waals surface area (Å²) in [7, 11) is 0. The molecule has 0 aliphatic carbocycles. The molecule has 2 heterocycles. The Balaban J connectivity index is 1.71. The molecule has 1 aliphatic heterocycles. The molecule has 7 heteroatoms. The van der Waals surface area contributed by atoms with E-state index in [2.05, 4.69) is 4.98 Å². The van der Waals surface area contributed by atoms with Crippen molar-refractivity contribution in [2.75, 3.05) is 18.8 Å². The number of ether oxygens (including phenoxy) is 1. The number of hydrogen-bond donors (Lipinski definition) is 0. The van der Waals surface area contributed by atoms with Crippen LogP contribution in [0.2, 0.25) is 5.02 Å². The van der Waals surface area contributed by atoms with Crippen LogP contribution in [0.3, 0.4) is 0 Å². The minimum atomic E-state index is 0.0996. The van der Waals surface area contributed by atoms with Crippen LogP contribution in [0.15, 0.2) is 53.6 Å². The second-order valence-corrected chi connectivity index (χ2v) is 8.28. The number of carbonyl (C=O) groups is 1. The van der Waals surface area contributed by atoms with Crippen molar-refractivity contribution in [3.05, 3.63) is 64.7 Å². The molecule has 0 atom stereocenters. The third-order valence-corrected chi connectivity index (χ3v) is 6.28. The van der Waals surface area contributed by atoms with Crippen LogP contribution in [0, 0.1) is 0 Å². The molecule has 3 aromatic rings. The molecule has 5 nitrogen and oxygen atoms in total. The Morgan fingerprint density at radius 2 is 1.83 bits per heavy atom. The number of amides is 1. The fourth-order valence-electron chi connectivity index (χ4n) is 3.37. The lowest BCUT2D eigenvalue weighted by Gasteiger charge is -2.22. The minimum absolute atomic E-state index is 0.0996. The quantitative estimate of drug-likeness (QED) is 0.295. The second-order valence-electron chi connectivity index (χ2n) is 6.88. The summed E-state index contributed by atoms with van der Waals surface area (Å²) in [6, 6.07) is 15.3. The van der Waals surface area contributed by atoms with Gasteiger partial charge in [0.2, 0.25) is 11.8 Å². The molecule has 30 heavy (non-hydrogen) atoms. The van der Waals surface area contributed by atoms with Gasteiger partial charge in [0.05, 0.1) is 11.3 Å². The predicted molar refractivity (Wildman–Crippen MR) is 120 cm³/mol. The van der Waals surface area contributed by atoms with E-state index in [0.717, 1.165) is 27.5 Å². The number of benzene rings is 2. The highest BCUT2D eigenvalue weighted by Crippen LogP contribution is 2.40. The first kappa shape index (κ1) is 20.7. The molecule has 154 valence electrons. The molecule has 1 aromatic heterocycles. The Bertz CT molecular complexity index is 1070. The van der Waals surface area contributed by atoms with E-state index in [0.29, 0.717) is 42.0 Å². The first-order chi connectivity index (χ1) is 14.6. The lowest BCUT2D eigenvalue weighted by Crippen LogP contribution is -2.31. The fourth-order valence-corrected chi connectivity index (χ4v) is 4.42. The number of halogens is 1. The number of hydrogen-bond acceptors (Lipinski definition) is 5. The molecule has 0 unspecified atom stereocenters. The van der Waals surface area contributed by atoms with Crippen LogP contribution in [0.1, 0.15) is 25.0 Å². The summed E-state index contributed by atoms with van der Waals surface area (Å²) in [6.07, 6.45) is 0.675. The van der Waals surface area contributed by atoms with E-state index in [1.807, 2.05) is 67.3 Å². The van der Waals surface area contributed by atoms with Crippen LogP contribution in [0.5, 0.6) is 11.6 Å². The van der Waals surface area contributed by atoms with E-state index in [1.54, 1.807) is 0 Å². The summed E-state index contributed by atoms with van der Waals surface area (Å²) < 4.78 is 6.11. The Morgan fingerprint density at radius 1 is 1.10 bits per heavy atom. The van der Waals surface area contributed by atoms with E-state index in [4.69, 9.17) is 21.3 Å². The number of aromatic nitrogens is 2. The third kappa shape index (κ3) is 4.30. The van der Waals surface area contributed by atoms with Crippen molar-refractivity contribution >= 4 is 29.3 Å². The monoisotopic (exact) mass is 439 g/mol. The summed E-state index contributed by atoms with van der Waals surface area (Å²) in [6.45, 7) is 5.37. The molecule has 1 aliphatic rings. The highest BCUT2D eigenvalue weighted by Gasteiger charge is 2.25. The molecule has 0 radical (unpaired) electrons. The normalized spacial score (nSPS) is 12.0. The molecular weight excluding hydrogens is 418 g/mol. The zero-order chi connectivity index (χ0) is 21.1. The van der Waals surface area contributed by atoms with Gasteiger partial charge < -0.3 is 9.64 Å². The smallest absolute Gasteiger partial charge is 0.232 e. The molecule has 0 fully saturated rings. The van der Waals surface area contributed by atoms with Crippen molar-refractivity contribution in [3.63, 3.8) is 0 Å². The molecule has 4 rings (SSSR count). The van der Waals surface area contributed by atoms with Gasteiger partial charge in [-0.15, -0.1) is 0 Å². The van der Waals surface area contributed by atoms with Crippen molar-refractivity contribution in [1.29, 1.82) is 0 Å². The van der Waals surface area contributed by atoms with Crippen molar-refractivity contribution < 1.29 is 9.53 Å². The van der Waals surface area contributed by atoms with Crippen LogP contribution in [0.25, 0.3) is 11.4 Å². The summed E-state index contributed by atoms with van der Waals surface area (Å²) in [5.41, 5.74) is 2.86. The Labute approximate surface area is 185 Å². The maximum absolute atomic E-state index is 12.6. The number of thioether (sulfide) groups is 1. The van der Waals surface area contributed by atoms with Crippen molar-refractivity contribution in [2.24, 2.45) is 0 Å². The van der Waals surface area contributed by atoms with Crippen molar-refractivity contribution in [3.8, 4) is 23.0 Å². The van der Waals surface area contributed by atoms with Gasteiger partial charge in [-0.05, 0) is 49.7 Å². The first-order valence-corrected chi connectivity index (χ1v) is 11.3. The van der Waals surface area contributed by atoms with E-state index in [1.165, 1.54) is 11.8 Å². The highest BCUT2D eigenvalue weighted by molar-refractivity contribution is 7.99. The Morgan fingerprint density at radius 3 is 2.57 bits per heavy atom. The maximum atomic E-state index is 12.6. The van der Waals surface area contributed by atoms with Crippen LogP contribution in [0.4, 0.5) is 0 Å². The van der Waals surface area contributed by atoms with Gasteiger partial charge in [-0.1, -0.05) is 41.6 Å². The van der Waals surface area contributed by atoms with Gasteiger partial charge in [0, 0.05) is 30.1 Å². The van der Waals surface area contributed by atoms with E-state index < -0.39 is 0 Å². The van der Waals surface area contributed by atoms with Gasteiger partial charge in [0.25, 0.3) is 0 Å². The number of nitrogens with zero attached hydrogens (tertiary/aromatic N) is 3. The average molecular weight is 440 g/mol. The van der Waals surface area contributed by atoms with Crippen LogP contribution >= 0.6 is 23.4 Å². The predicted octanol–water partition coefficient (Wildman–Crippen LogP) is 5.45. The van der Waals surface area contributed by atoms with E-state index in [-0.39, 0.29) is 5.91 Å². The maximum Gasteiger partial charge on any atom is 0.232 e. The zero-order valence-electron chi connectivity index (χ0n) is 16.9. The summed E-state index contributed by atoms with van der Waals surface area (Å²) >= 11 is 7.47. The van der Waals surface area contributed by atoms with Crippen molar-refractivity contribution in [2.45, 2.75) is 25.3 Å². The molecule has 1 amide bonds. The van der Waals surface area contributed by atoms with Crippen LogP contribution < -0.4 is 4.74 Å². The Hall–Kier alpha value is -2.57. The van der Waals surface area contributed by atoms with Crippen molar-refractivity contribution in [1.82, 2.24) is 14.9 Å². The molecule has 2 aromatic carbocycles. The number of rotatable bonds is 6. The lowest BCUT2D eigenvalue weighted by atomic mass is 10.0. The summed E-state index contributed by atoms with van der Waals surface area (Å²) in [5, 5.41) is 1.43. The largest absolute Gasteiger partial charge is 0.438 e. The molecular formula is C23H22ClN3O2S. The summed E-state index contributed by atoms with van der Waals surface area (Å²) in [5.74, 6) is 2.34. The van der Waals surface area contributed by atoms with Gasteiger partial charge in [0.15, 0.2) is 5.82 Å². The standard InChI is InChI=1S/C23H22ClN3O2S/c1-3-27(4-2)20(28)14-30-23-18-13-16-7-5-6-8-19(16)29-22(18)25-21(26-23)15-9-11-17(24)12-10-15/h5-12H,3-4,13-14H2,1-2H3. The minimum Gasteiger partial charge on any atom is -0.438 e.